The molecule has 6 aliphatic heterocycles. The third kappa shape index (κ3) is 14.2. The highest BCUT2D eigenvalue weighted by Crippen LogP contribution is 2.36. The molecule has 5 unspecified atom stereocenters. The van der Waals surface area contributed by atoms with Crippen LogP contribution in [0.15, 0.2) is 0 Å². The summed E-state index contributed by atoms with van der Waals surface area (Å²) >= 11 is 0. The number of rotatable bonds is 18. The molecule has 34 nitrogen and oxygen atoms in total. The molecule has 30 atom stereocenters. The van der Waals surface area contributed by atoms with Crippen LogP contribution in [0.1, 0.15) is 27.7 Å². The Morgan fingerprint density at radius 1 is 0.440 bits per heavy atom. The predicted octanol–water partition coefficient (Wildman–Crippen LogP) is -11.9. The molecule has 6 aliphatic rings. The Labute approximate surface area is 425 Å². The fraction of sp³-hybridized carbons (Fsp3) is 0.950. The van der Waals surface area contributed by atoms with Gasteiger partial charge in [0.2, 0.25) is 11.8 Å². The molecule has 35 heteroatoms. The molecule has 6 saturated heterocycles. The monoisotopic (exact) mass is 1120 g/mol. The van der Waals surface area contributed by atoms with Crippen LogP contribution in [-0.2, 0) is 76.3 Å². The number of aliphatic hydroxyl groups is 15. The summed E-state index contributed by atoms with van der Waals surface area (Å²) in [6.45, 7) is 0.384. The Morgan fingerprint density at radius 3 is 1.31 bits per heavy atom. The van der Waals surface area contributed by atoms with Gasteiger partial charge in [-0.1, -0.05) is 0 Å². The summed E-state index contributed by atoms with van der Waals surface area (Å²) < 4.78 is 101. The molecule has 436 valence electrons. The number of hydrogen-bond acceptors (Lipinski definition) is 31. The van der Waals surface area contributed by atoms with Gasteiger partial charge in [-0.3, -0.25) is 14.1 Å². The van der Waals surface area contributed by atoms with Crippen molar-refractivity contribution < 1.29 is 155 Å². The highest BCUT2D eigenvalue weighted by atomic mass is 32.3. The maximum atomic E-state index is 12.7. The van der Waals surface area contributed by atoms with Crippen LogP contribution in [0.25, 0.3) is 0 Å². The number of amides is 2. The highest BCUT2D eigenvalue weighted by molar-refractivity contribution is 7.80. The molecule has 6 fully saturated rings. The van der Waals surface area contributed by atoms with E-state index in [0.29, 0.717) is 0 Å². The summed E-state index contributed by atoms with van der Waals surface area (Å²) in [4.78, 5) is 25.1. The lowest BCUT2D eigenvalue weighted by molar-refractivity contribution is -0.385. The van der Waals surface area contributed by atoms with Crippen LogP contribution < -0.4 is 10.6 Å². The van der Waals surface area contributed by atoms with Crippen LogP contribution in [0.4, 0.5) is 0 Å². The van der Waals surface area contributed by atoms with Crippen molar-refractivity contribution in [2.45, 2.75) is 212 Å². The SMILES string of the molecule is CC(=O)N[C@@H]1[C@@H](OC2O[C@H](CO)[C@H](O)[C@H](O)[C@H]2OC2O[C@@H](C)[C@@H](O)[C@@H](O)[C@@H]2O)[C@@H](O)[C@@H](COC2O[C@H](COS(=O)(=O)O)[C@@H](OC3O[C@H](CO)[C@H](O)[C@H](O)[C@H]3OC3O[C@@H](C)[C@@H](O)[C@@H](O)[C@@H]3O)[C@H](O)[C@H]2NC(C)=O)O[C@@H]1O. The molecule has 0 aromatic carbocycles. The summed E-state index contributed by atoms with van der Waals surface area (Å²) in [5.74, 6) is -1.73. The number of hydrogen-bond donors (Lipinski definition) is 18. The molecule has 6 heterocycles. The Morgan fingerprint density at radius 2 is 0.867 bits per heavy atom. The zero-order valence-corrected chi connectivity index (χ0v) is 41.1. The molecule has 0 aromatic heterocycles. The van der Waals surface area contributed by atoms with Crippen molar-refractivity contribution in [1.29, 1.82) is 0 Å². The van der Waals surface area contributed by atoms with Crippen LogP contribution >= 0.6 is 0 Å². The molecule has 0 aromatic rings. The van der Waals surface area contributed by atoms with Crippen LogP contribution in [0, 0.1) is 0 Å². The van der Waals surface area contributed by atoms with Gasteiger partial charge in [0.05, 0.1) is 38.6 Å². The second-order valence-corrected chi connectivity index (χ2v) is 19.9. The number of aliphatic hydroxyl groups excluding tert-OH is 15. The van der Waals surface area contributed by atoms with Gasteiger partial charge in [-0.25, -0.2) is 4.18 Å². The molecule has 0 bridgehead atoms. The van der Waals surface area contributed by atoms with E-state index >= 15 is 0 Å². The summed E-state index contributed by atoms with van der Waals surface area (Å²) in [6, 6.07) is -3.57. The number of nitrogens with one attached hydrogen (secondary N) is 2. The fourth-order valence-corrected chi connectivity index (χ4v) is 9.52. The van der Waals surface area contributed by atoms with E-state index in [1.54, 1.807) is 0 Å². The van der Waals surface area contributed by atoms with Crippen molar-refractivity contribution in [2.24, 2.45) is 0 Å². The van der Waals surface area contributed by atoms with E-state index in [2.05, 4.69) is 14.8 Å². The van der Waals surface area contributed by atoms with Crippen molar-refractivity contribution >= 4 is 22.2 Å². The topological polar surface area (TPSA) is 527 Å². The molecule has 0 radical (unpaired) electrons. The molecular formula is C40H68N2O32S. The molecule has 2 amide bonds. The van der Waals surface area contributed by atoms with Gasteiger partial charge in [-0.2, -0.15) is 8.42 Å². The Kier molecular flexibility index (Phi) is 21.4. The van der Waals surface area contributed by atoms with E-state index in [4.69, 9.17) is 52.1 Å². The molecule has 0 saturated carbocycles. The quantitative estimate of drug-likeness (QED) is 0.0567. The highest BCUT2D eigenvalue weighted by Gasteiger charge is 2.57. The Hall–Kier alpha value is -2.23. The van der Waals surface area contributed by atoms with Crippen molar-refractivity contribution in [3.63, 3.8) is 0 Å². The number of ether oxygens (including phenoxy) is 11. The first-order valence-electron chi connectivity index (χ1n) is 23.5. The average Bonchev–Trinajstić information content (AvgIpc) is 3.34. The first-order chi connectivity index (χ1) is 35.1. The van der Waals surface area contributed by atoms with E-state index in [-0.39, 0.29) is 0 Å². The zero-order valence-electron chi connectivity index (χ0n) is 40.2. The van der Waals surface area contributed by atoms with Crippen molar-refractivity contribution in [1.82, 2.24) is 10.6 Å². The average molecular weight is 1120 g/mol. The summed E-state index contributed by atoms with van der Waals surface area (Å²) in [5, 5.41) is 166. The van der Waals surface area contributed by atoms with Crippen LogP contribution in [-0.4, -0.2) is 312 Å². The van der Waals surface area contributed by atoms with E-state index in [1.165, 1.54) is 13.8 Å². The minimum atomic E-state index is -5.34. The fourth-order valence-electron chi connectivity index (χ4n) is 9.21. The third-order valence-electron chi connectivity index (χ3n) is 13.3. The molecular weight excluding hydrogens is 1050 g/mol. The van der Waals surface area contributed by atoms with Gasteiger partial charge < -0.3 is 139 Å². The van der Waals surface area contributed by atoms with Gasteiger partial charge in [0.15, 0.2) is 37.7 Å². The Bertz CT molecular complexity index is 1970. The van der Waals surface area contributed by atoms with Gasteiger partial charge in [-0.15, -0.1) is 0 Å². The first-order valence-corrected chi connectivity index (χ1v) is 24.8. The largest absolute Gasteiger partial charge is 0.397 e. The summed E-state index contributed by atoms with van der Waals surface area (Å²) in [7, 11) is -5.34. The lowest BCUT2D eigenvalue weighted by Crippen LogP contribution is -2.69. The molecule has 0 aliphatic carbocycles. The van der Waals surface area contributed by atoms with Gasteiger partial charge >= 0.3 is 10.4 Å². The van der Waals surface area contributed by atoms with Gasteiger partial charge in [-0.05, 0) is 13.8 Å². The van der Waals surface area contributed by atoms with Crippen molar-refractivity contribution in [3.05, 3.63) is 0 Å². The second kappa shape index (κ2) is 25.9. The first kappa shape index (κ1) is 62.0. The maximum Gasteiger partial charge on any atom is 0.397 e. The number of carbonyl (C=O) groups excluding carboxylic acids is 2. The predicted molar refractivity (Wildman–Crippen MR) is 230 cm³/mol. The standard InChI is InChI=1S/C40H68N2O32S/c1-9-19(47)25(53)29(57)37(65-9)73-33-27(55)21(49)13(5-43)68-39(33)71-31-16(8-64-75(60,61)62)70-36(17(24(31)52)41-11(3)45)63-7-15-23(51)32(18(35(59)67-15)42-12(4)46)72-40-34(28(56)22(50)14(6-44)69-40)74-38-30(58)26(54)20(48)10(2)66-38/h9-10,13-40,43-44,47-59H,5-8H2,1-4H3,(H,41,45)(H,42,46)(H,60,61,62)/t9-,10-,13+,14+,15+,16+,17+,18+,19+,20+,21-,22-,23-,24+,25+,26+,27-,28-,29-,30-,31+,32+,33+,34+,35-,36?,37?,38?,39?,40?/m0/s1. The van der Waals surface area contributed by atoms with Gasteiger partial charge in [0.25, 0.3) is 0 Å². The normalized spacial score (nSPS) is 49.0. The summed E-state index contributed by atoms with van der Waals surface area (Å²) in [6.07, 6.45) is -52.7. The number of carbonyl (C=O) groups is 2. The third-order valence-corrected chi connectivity index (χ3v) is 13.8. The van der Waals surface area contributed by atoms with Crippen molar-refractivity contribution in [3.8, 4) is 0 Å². The van der Waals surface area contributed by atoms with E-state index in [1.807, 2.05) is 0 Å². The van der Waals surface area contributed by atoms with E-state index < -0.39 is 233 Å². The lowest BCUT2D eigenvalue weighted by atomic mass is 9.94. The molecule has 0 spiro atoms. The van der Waals surface area contributed by atoms with Gasteiger partial charge in [0, 0.05) is 13.8 Å². The van der Waals surface area contributed by atoms with Crippen molar-refractivity contribution in [2.75, 3.05) is 26.4 Å². The molecule has 6 rings (SSSR count). The van der Waals surface area contributed by atoms with Crippen LogP contribution in [0.5, 0.6) is 0 Å². The van der Waals surface area contributed by atoms with E-state index in [9.17, 15) is 99.2 Å². The van der Waals surface area contributed by atoms with Crippen LogP contribution in [0.2, 0.25) is 0 Å². The molecule has 18 N–H and O–H groups in total. The van der Waals surface area contributed by atoms with Gasteiger partial charge in [0.1, 0.15) is 134 Å². The second-order valence-electron chi connectivity index (χ2n) is 18.8. The Balaban J connectivity index is 1.26. The smallest absolute Gasteiger partial charge is 0.394 e. The lowest BCUT2D eigenvalue weighted by Gasteiger charge is -2.50. The minimum Gasteiger partial charge on any atom is -0.394 e. The zero-order chi connectivity index (χ0) is 55.7. The summed E-state index contributed by atoms with van der Waals surface area (Å²) in [5.41, 5.74) is 0. The maximum absolute atomic E-state index is 12.7. The van der Waals surface area contributed by atoms with Crippen LogP contribution in [0.3, 0.4) is 0 Å². The minimum absolute atomic E-state index is 0.834. The van der Waals surface area contributed by atoms with E-state index in [0.717, 1.165) is 13.8 Å². The molecule has 75 heavy (non-hydrogen) atoms.